The maximum Gasteiger partial charge on any atom is 0.248 e. The van der Waals surface area contributed by atoms with Crippen LogP contribution in [-0.4, -0.2) is 5.91 Å². The van der Waals surface area contributed by atoms with Crippen LogP contribution in [0, 0.1) is 9.49 Å². The SMILES string of the molecule is CC(C)Cc1ccc(/C=C\C(=O)Nc2ccc(I)cc2)cc1. The fraction of sp³-hybridized carbons (Fsp3) is 0.211. The Morgan fingerprint density at radius 3 is 2.32 bits per heavy atom. The molecule has 2 aromatic rings. The van der Waals surface area contributed by atoms with E-state index in [1.165, 1.54) is 5.56 Å². The van der Waals surface area contributed by atoms with Gasteiger partial charge in [-0.15, -0.1) is 0 Å². The van der Waals surface area contributed by atoms with E-state index in [0.29, 0.717) is 5.92 Å². The van der Waals surface area contributed by atoms with Gasteiger partial charge in [-0.25, -0.2) is 0 Å². The number of rotatable bonds is 5. The number of anilines is 1. The summed E-state index contributed by atoms with van der Waals surface area (Å²) in [5.41, 5.74) is 3.17. The van der Waals surface area contributed by atoms with Crippen molar-refractivity contribution in [3.8, 4) is 0 Å². The molecule has 0 saturated heterocycles. The van der Waals surface area contributed by atoms with Gasteiger partial charge >= 0.3 is 0 Å². The summed E-state index contributed by atoms with van der Waals surface area (Å²) < 4.78 is 1.15. The Balaban J connectivity index is 1.93. The summed E-state index contributed by atoms with van der Waals surface area (Å²) in [6, 6.07) is 16.1. The van der Waals surface area contributed by atoms with Gasteiger partial charge in [0.1, 0.15) is 0 Å². The molecule has 0 bridgehead atoms. The van der Waals surface area contributed by atoms with Crippen LogP contribution in [-0.2, 0) is 11.2 Å². The van der Waals surface area contributed by atoms with E-state index in [-0.39, 0.29) is 5.91 Å². The van der Waals surface area contributed by atoms with Crippen LogP contribution in [0.3, 0.4) is 0 Å². The first-order valence-corrected chi connectivity index (χ1v) is 8.44. The van der Waals surface area contributed by atoms with Crippen LogP contribution in [0.4, 0.5) is 5.69 Å². The van der Waals surface area contributed by atoms with Gasteiger partial charge in [0.15, 0.2) is 0 Å². The fourth-order valence-corrected chi connectivity index (χ4v) is 2.48. The van der Waals surface area contributed by atoms with Crippen LogP contribution in [0.5, 0.6) is 0 Å². The first kappa shape index (κ1) is 16.7. The molecule has 0 unspecified atom stereocenters. The minimum Gasteiger partial charge on any atom is -0.323 e. The largest absolute Gasteiger partial charge is 0.323 e. The summed E-state index contributed by atoms with van der Waals surface area (Å²) in [7, 11) is 0. The number of hydrogen-bond donors (Lipinski definition) is 1. The van der Waals surface area contributed by atoms with E-state index < -0.39 is 0 Å². The third-order valence-corrected chi connectivity index (χ3v) is 3.88. The Kier molecular flexibility index (Phi) is 6.19. The topological polar surface area (TPSA) is 29.1 Å². The fourth-order valence-electron chi connectivity index (χ4n) is 2.13. The standard InChI is InChI=1S/C19H20INO/c1-14(2)13-16-5-3-15(4-6-16)7-12-19(22)21-18-10-8-17(20)9-11-18/h3-12,14H,13H2,1-2H3,(H,21,22)/b12-7-. The predicted octanol–water partition coefficient (Wildman–Crippen LogP) is 5.14. The summed E-state index contributed by atoms with van der Waals surface area (Å²) in [4.78, 5) is 11.9. The van der Waals surface area contributed by atoms with Gasteiger partial charge in [0.2, 0.25) is 5.91 Å². The second kappa shape index (κ2) is 8.13. The van der Waals surface area contributed by atoms with E-state index >= 15 is 0 Å². The van der Waals surface area contributed by atoms with Crippen molar-refractivity contribution in [3.05, 3.63) is 69.3 Å². The Morgan fingerprint density at radius 1 is 1.09 bits per heavy atom. The van der Waals surface area contributed by atoms with Crippen molar-refractivity contribution < 1.29 is 4.79 Å². The lowest BCUT2D eigenvalue weighted by Crippen LogP contribution is -2.07. The molecule has 1 N–H and O–H groups in total. The van der Waals surface area contributed by atoms with Crippen molar-refractivity contribution in [3.63, 3.8) is 0 Å². The molecule has 2 rings (SSSR count). The average Bonchev–Trinajstić information content (AvgIpc) is 2.48. The summed E-state index contributed by atoms with van der Waals surface area (Å²) in [5.74, 6) is 0.536. The van der Waals surface area contributed by atoms with Crippen LogP contribution in [0.1, 0.15) is 25.0 Å². The molecule has 3 heteroatoms. The third kappa shape index (κ3) is 5.64. The van der Waals surface area contributed by atoms with Crippen molar-refractivity contribution in [1.82, 2.24) is 0 Å². The average molecular weight is 405 g/mol. The number of hydrogen-bond acceptors (Lipinski definition) is 1. The second-order valence-corrected chi connectivity index (χ2v) is 6.91. The molecule has 0 aliphatic carbocycles. The van der Waals surface area contributed by atoms with Crippen molar-refractivity contribution in [2.45, 2.75) is 20.3 Å². The normalized spacial score (nSPS) is 11.1. The molecule has 1 amide bonds. The molecule has 0 aromatic heterocycles. The predicted molar refractivity (Wildman–Crippen MR) is 102 cm³/mol. The summed E-state index contributed by atoms with van der Waals surface area (Å²) >= 11 is 2.24. The quantitative estimate of drug-likeness (QED) is 0.542. The first-order chi connectivity index (χ1) is 10.5. The van der Waals surface area contributed by atoms with E-state index in [1.54, 1.807) is 6.08 Å². The number of halogens is 1. The molecule has 0 saturated carbocycles. The molecule has 0 heterocycles. The Labute approximate surface area is 145 Å². The summed E-state index contributed by atoms with van der Waals surface area (Å²) in [6.07, 6.45) is 4.48. The number of amides is 1. The third-order valence-electron chi connectivity index (χ3n) is 3.16. The van der Waals surface area contributed by atoms with Gasteiger partial charge in [0.05, 0.1) is 0 Å². The van der Waals surface area contributed by atoms with Gasteiger partial charge in [-0.1, -0.05) is 38.1 Å². The second-order valence-electron chi connectivity index (χ2n) is 5.67. The van der Waals surface area contributed by atoms with E-state index in [0.717, 1.165) is 21.2 Å². The zero-order valence-electron chi connectivity index (χ0n) is 12.8. The van der Waals surface area contributed by atoms with Crippen molar-refractivity contribution in [2.24, 2.45) is 5.92 Å². The molecule has 2 aromatic carbocycles. The lowest BCUT2D eigenvalue weighted by molar-refractivity contribution is -0.111. The summed E-state index contributed by atoms with van der Waals surface area (Å²) in [5, 5.41) is 2.85. The molecule has 0 aliphatic rings. The zero-order chi connectivity index (χ0) is 15.9. The highest BCUT2D eigenvalue weighted by Gasteiger charge is 1.99. The molecule has 22 heavy (non-hydrogen) atoms. The molecule has 0 spiro atoms. The molecule has 0 radical (unpaired) electrons. The van der Waals surface area contributed by atoms with Crippen LogP contribution in [0.2, 0.25) is 0 Å². The molecule has 0 atom stereocenters. The molecule has 114 valence electrons. The summed E-state index contributed by atoms with van der Waals surface area (Å²) in [6.45, 7) is 4.42. The van der Waals surface area contributed by atoms with Gasteiger partial charge in [0.25, 0.3) is 0 Å². The number of carbonyl (C=O) groups excluding carboxylic acids is 1. The number of carbonyl (C=O) groups is 1. The van der Waals surface area contributed by atoms with E-state index in [4.69, 9.17) is 0 Å². The first-order valence-electron chi connectivity index (χ1n) is 7.36. The van der Waals surface area contributed by atoms with Gasteiger partial charge < -0.3 is 5.32 Å². The molecular formula is C19H20INO. The highest BCUT2D eigenvalue weighted by molar-refractivity contribution is 14.1. The molecule has 2 nitrogen and oxygen atoms in total. The van der Waals surface area contributed by atoms with Crippen molar-refractivity contribution >= 4 is 40.3 Å². The Morgan fingerprint density at radius 2 is 1.73 bits per heavy atom. The van der Waals surface area contributed by atoms with E-state index in [2.05, 4.69) is 53.9 Å². The van der Waals surface area contributed by atoms with Crippen molar-refractivity contribution in [1.29, 1.82) is 0 Å². The highest BCUT2D eigenvalue weighted by Crippen LogP contribution is 2.12. The highest BCUT2D eigenvalue weighted by atomic mass is 127. The van der Waals surface area contributed by atoms with Crippen LogP contribution in [0.25, 0.3) is 6.08 Å². The lowest BCUT2D eigenvalue weighted by Gasteiger charge is -2.05. The Hall–Kier alpha value is -1.62. The maximum absolute atomic E-state index is 11.9. The monoisotopic (exact) mass is 405 g/mol. The molecule has 0 aliphatic heterocycles. The van der Waals surface area contributed by atoms with Crippen molar-refractivity contribution in [2.75, 3.05) is 5.32 Å². The number of benzene rings is 2. The Bertz CT molecular complexity index is 642. The minimum atomic E-state index is -0.118. The smallest absolute Gasteiger partial charge is 0.248 e. The van der Waals surface area contributed by atoms with Gasteiger partial charge in [-0.3, -0.25) is 4.79 Å². The minimum absolute atomic E-state index is 0.118. The van der Waals surface area contributed by atoms with E-state index in [9.17, 15) is 4.79 Å². The number of nitrogens with one attached hydrogen (secondary N) is 1. The molecule has 0 fully saturated rings. The van der Waals surface area contributed by atoms with Crippen LogP contribution in [0.15, 0.2) is 54.6 Å². The van der Waals surface area contributed by atoms with Gasteiger partial charge in [0, 0.05) is 15.3 Å². The van der Waals surface area contributed by atoms with Crippen LogP contribution >= 0.6 is 22.6 Å². The van der Waals surface area contributed by atoms with Crippen LogP contribution < -0.4 is 5.32 Å². The van der Waals surface area contributed by atoms with Gasteiger partial charge in [-0.2, -0.15) is 0 Å². The lowest BCUT2D eigenvalue weighted by atomic mass is 10.0. The maximum atomic E-state index is 11.9. The van der Waals surface area contributed by atoms with Gasteiger partial charge in [-0.05, 0) is 76.4 Å². The zero-order valence-corrected chi connectivity index (χ0v) is 15.0. The molecular weight excluding hydrogens is 385 g/mol. The van der Waals surface area contributed by atoms with E-state index in [1.807, 2.05) is 42.5 Å².